The predicted molar refractivity (Wildman–Crippen MR) is 123 cm³/mol. The highest BCUT2D eigenvalue weighted by atomic mass is 16.6. The summed E-state index contributed by atoms with van der Waals surface area (Å²) in [5, 5.41) is 2.35. The van der Waals surface area contributed by atoms with E-state index >= 15 is 0 Å². The van der Waals surface area contributed by atoms with E-state index < -0.39 is 5.97 Å². The number of cyclic esters (lactones) is 1. The number of carbonyl (C=O) groups excluding carboxylic acids is 3. The summed E-state index contributed by atoms with van der Waals surface area (Å²) >= 11 is 0. The van der Waals surface area contributed by atoms with Gasteiger partial charge in [-0.05, 0) is 19.3 Å². The van der Waals surface area contributed by atoms with Gasteiger partial charge in [0, 0.05) is 6.42 Å². The molecule has 6 heteroatoms. The van der Waals surface area contributed by atoms with Crippen LogP contribution in [-0.2, 0) is 23.9 Å². The minimum Gasteiger partial charge on any atom is -0.461 e. The zero-order valence-corrected chi connectivity index (χ0v) is 19.9. The van der Waals surface area contributed by atoms with Crippen LogP contribution in [0.15, 0.2) is 0 Å². The van der Waals surface area contributed by atoms with Crippen LogP contribution in [0.2, 0.25) is 0 Å². The Bertz CT molecular complexity index is 496. The topological polar surface area (TPSA) is 81.7 Å². The number of rotatable bonds is 21. The van der Waals surface area contributed by atoms with Crippen LogP contribution in [-0.4, -0.2) is 37.1 Å². The van der Waals surface area contributed by atoms with Crippen molar-refractivity contribution in [2.45, 2.75) is 129 Å². The number of amides is 1. The third-order valence-corrected chi connectivity index (χ3v) is 6.14. The quantitative estimate of drug-likeness (QED) is 0.146. The average Bonchev–Trinajstić information content (AvgIpc) is 2.75. The third kappa shape index (κ3) is 12.8. The van der Waals surface area contributed by atoms with Crippen LogP contribution in [0.4, 0.5) is 0 Å². The Hall–Kier alpha value is -1.59. The largest absolute Gasteiger partial charge is 0.461 e. The molecule has 1 heterocycles. The van der Waals surface area contributed by atoms with Gasteiger partial charge < -0.3 is 14.8 Å². The Morgan fingerprint density at radius 1 is 0.968 bits per heavy atom. The third-order valence-electron chi connectivity index (χ3n) is 6.14. The van der Waals surface area contributed by atoms with E-state index in [1.54, 1.807) is 0 Å². The molecule has 1 fully saturated rings. The Morgan fingerprint density at radius 3 is 2.13 bits per heavy atom. The molecule has 6 nitrogen and oxygen atoms in total. The molecule has 1 aliphatic heterocycles. The summed E-state index contributed by atoms with van der Waals surface area (Å²) in [5.74, 6) is -0.607. The number of nitrogens with one attached hydrogen (secondary N) is 1. The predicted octanol–water partition coefficient (Wildman–Crippen LogP) is 5.47. The highest BCUT2D eigenvalue weighted by molar-refractivity contribution is 5.78. The second kappa shape index (κ2) is 18.0. The van der Waals surface area contributed by atoms with Gasteiger partial charge in [-0.25, -0.2) is 0 Å². The van der Waals surface area contributed by atoms with Gasteiger partial charge in [0.25, 0.3) is 0 Å². The fourth-order valence-electron chi connectivity index (χ4n) is 4.22. The molecule has 1 rings (SSSR count). The summed E-state index contributed by atoms with van der Waals surface area (Å²) in [4.78, 5) is 34.3. The molecule has 0 aliphatic carbocycles. The number of carbonyl (C=O) groups is 3. The molecule has 1 unspecified atom stereocenters. The first-order valence-electron chi connectivity index (χ1n) is 12.7. The Kier molecular flexibility index (Phi) is 16.0. The van der Waals surface area contributed by atoms with Crippen molar-refractivity contribution in [3.63, 3.8) is 0 Å². The van der Waals surface area contributed by atoms with Crippen LogP contribution in [0.3, 0.4) is 0 Å². The number of ether oxygens (including phenoxy) is 2. The second-order valence-corrected chi connectivity index (χ2v) is 8.89. The van der Waals surface area contributed by atoms with Crippen LogP contribution in [0.1, 0.15) is 117 Å². The first kappa shape index (κ1) is 27.4. The van der Waals surface area contributed by atoms with E-state index in [2.05, 4.69) is 19.2 Å². The molecule has 31 heavy (non-hydrogen) atoms. The smallest absolute Gasteiger partial charge is 0.325 e. The van der Waals surface area contributed by atoms with Crippen LogP contribution < -0.4 is 5.32 Å². The van der Waals surface area contributed by atoms with E-state index in [0.717, 1.165) is 38.5 Å². The van der Waals surface area contributed by atoms with Gasteiger partial charge in [-0.1, -0.05) is 90.9 Å². The van der Waals surface area contributed by atoms with Gasteiger partial charge in [-0.3, -0.25) is 14.4 Å². The lowest BCUT2D eigenvalue weighted by atomic mass is 9.86. The molecule has 0 saturated carbocycles. The standard InChI is InChI=1S/C25H45NO5/c1-3-5-7-9-10-11-12-13-14-16-21(30-24(28)19-26-20-27)18-23-22(25(29)31-23)17-15-8-6-4-2/h20-23H,3-19H2,1-2H3,(H,26,27)/t21?,22-,23-/m1/s1. The average molecular weight is 440 g/mol. The zero-order valence-electron chi connectivity index (χ0n) is 19.9. The summed E-state index contributed by atoms with van der Waals surface area (Å²) in [6.45, 7) is 4.28. The lowest BCUT2D eigenvalue weighted by molar-refractivity contribution is -0.190. The zero-order chi connectivity index (χ0) is 22.7. The molecule has 180 valence electrons. The maximum absolute atomic E-state index is 12.0. The lowest BCUT2D eigenvalue weighted by Crippen LogP contribution is -2.47. The van der Waals surface area contributed by atoms with Crippen molar-refractivity contribution in [2.75, 3.05) is 6.54 Å². The molecule has 1 saturated heterocycles. The normalized spacial score (nSPS) is 18.7. The molecular formula is C25H45NO5. The summed E-state index contributed by atoms with van der Waals surface area (Å²) in [6, 6.07) is 0. The molecule has 3 atom stereocenters. The number of esters is 2. The first-order chi connectivity index (χ1) is 15.1. The van der Waals surface area contributed by atoms with Gasteiger partial charge in [0.2, 0.25) is 6.41 Å². The van der Waals surface area contributed by atoms with Crippen LogP contribution in [0.25, 0.3) is 0 Å². The van der Waals surface area contributed by atoms with E-state index in [1.807, 2.05) is 0 Å². The number of unbranched alkanes of at least 4 members (excludes halogenated alkanes) is 11. The summed E-state index contributed by atoms with van der Waals surface area (Å²) in [7, 11) is 0. The molecule has 1 aliphatic rings. The molecule has 0 aromatic carbocycles. The van der Waals surface area contributed by atoms with Crippen molar-refractivity contribution in [1.29, 1.82) is 0 Å². The Morgan fingerprint density at radius 2 is 1.55 bits per heavy atom. The first-order valence-corrected chi connectivity index (χ1v) is 12.7. The van der Waals surface area contributed by atoms with Crippen LogP contribution in [0.5, 0.6) is 0 Å². The SMILES string of the molecule is CCCCCCCCCCCC(C[C@H]1OC(=O)[C@@H]1CCCCCC)OC(=O)CNC=O. The van der Waals surface area contributed by atoms with E-state index in [1.165, 1.54) is 57.8 Å². The Labute approximate surface area is 189 Å². The van der Waals surface area contributed by atoms with Crippen molar-refractivity contribution in [3.8, 4) is 0 Å². The maximum Gasteiger partial charge on any atom is 0.325 e. The second-order valence-electron chi connectivity index (χ2n) is 8.89. The van der Waals surface area contributed by atoms with Gasteiger partial charge in [0.1, 0.15) is 18.8 Å². The number of hydrogen-bond acceptors (Lipinski definition) is 5. The molecular weight excluding hydrogens is 394 g/mol. The molecule has 0 aromatic heterocycles. The fourth-order valence-corrected chi connectivity index (χ4v) is 4.22. The lowest BCUT2D eigenvalue weighted by Gasteiger charge is -2.37. The van der Waals surface area contributed by atoms with Crippen molar-refractivity contribution in [3.05, 3.63) is 0 Å². The summed E-state index contributed by atoms with van der Waals surface area (Å²) in [6.07, 6.45) is 18.0. The fraction of sp³-hybridized carbons (Fsp3) is 0.880. The molecule has 0 spiro atoms. The van der Waals surface area contributed by atoms with Crippen molar-refractivity contribution >= 4 is 18.3 Å². The van der Waals surface area contributed by atoms with Gasteiger partial charge >= 0.3 is 11.9 Å². The van der Waals surface area contributed by atoms with E-state index in [-0.39, 0.29) is 30.6 Å². The maximum atomic E-state index is 12.0. The van der Waals surface area contributed by atoms with Gasteiger partial charge in [0.15, 0.2) is 0 Å². The van der Waals surface area contributed by atoms with Crippen molar-refractivity contribution < 1.29 is 23.9 Å². The van der Waals surface area contributed by atoms with E-state index in [9.17, 15) is 14.4 Å². The molecule has 0 radical (unpaired) electrons. The monoisotopic (exact) mass is 439 g/mol. The van der Waals surface area contributed by atoms with Gasteiger partial charge in [-0.15, -0.1) is 0 Å². The molecule has 1 amide bonds. The van der Waals surface area contributed by atoms with E-state index in [0.29, 0.717) is 12.8 Å². The molecule has 0 bridgehead atoms. The van der Waals surface area contributed by atoms with Crippen LogP contribution >= 0.6 is 0 Å². The van der Waals surface area contributed by atoms with Crippen molar-refractivity contribution in [1.82, 2.24) is 5.32 Å². The number of hydrogen-bond donors (Lipinski definition) is 1. The highest BCUT2D eigenvalue weighted by Crippen LogP contribution is 2.32. The molecule has 0 aromatic rings. The van der Waals surface area contributed by atoms with Gasteiger partial charge in [-0.2, -0.15) is 0 Å². The summed E-state index contributed by atoms with van der Waals surface area (Å²) < 4.78 is 11.0. The van der Waals surface area contributed by atoms with Gasteiger partial charge in [0.05, 0.1) is 5.92 Å². The van der Waals surface area contributed by atoms with Crippen molar-refractivity contribution in [2.24, 2.45) is 5.92 Å². The minimum absolute atomic E-state index is 0.0609. The minimum atomic E-state index is -0.432. The summed E-state index contributed by atoms with van der Waals surface area (Å²) in [5.41, 5.74) is 0. The Balaban J connectivity index is 2.36. The van der Waals surface area contributed by atoms with Crippen LogP contribution in [0, 0.1) is 5.92 Å². The molecule has 1 N–H and O–H groups in total. The van der Waals surface area contributed by atoms with E-state index in [4.69, 9.17) is 9.47 Å². The highest BCUT2D eigenvalue weighted by Gasteiger charge is 2.43.